The summed E-state index contributed by atoms with van der Waals surface area (Å²) in [6.45, 7) is 8.73. The van der Waals surface area contributed by atoms with E-state index in [4.69, 9.17) is 0 Å². The van der Waals surface area contributed by atoms with Gasteiger partial charge in [0.1, 0.15) is 6.04 Å². The first-order valence-electron chi connectivity index (χ1n) is 12.6. The standard InChI is InChI=1S/C29H40N2O2/c1-21(2)26-16-13-24(14-17-26)15-18-28(32)31(20-25-10-8-9-22(3)19-25)23(4)29(33)30-27-11-6-5-7-12-27/h8-10,13-14,16-17,19,21,23,27H,5-7,11-12,15,18,20H2,1-4H3,(H,30,33)/t23-/m0/s1. The van der Waals surface area contributed by atoms with E-state index in [0.717, 1.165) is 29.5 Å². The fraction of sp³-hybridized carbons (Fsp3) is 0.517. The molecule has 1 saturated carbocycles. The molecule has 0 aliphatic heterocycles. The molecule has 2 aromatic carbocycles. The van der Waals surface area contributed by atoms with Crippen LogP contribution >= 0.6 is 0 Å². The molecule has 1 N–H and O–H groups in total. The minimum atomic E-state index is -0.497. The maximum atomic E-state index is 13.4. The first-order chi connectivity index (χ1) is 15.8. The van der Waals surface area contributed by atoms with Crippen LogP contribution in [0.4, 0.5) is 0 Å². The Morgan fingerprint density at radius 3 is 2.30 bits per heavy atom. The average Bonchev–Trinajstić information content (AvgIpc) is 2.81. The molecule has 178 valence electrons. The molecule has 4 heteroatoms. The molecular formula is C29H40N2O2. The Labute approximate surface area is 199 Å². The van der Waals surface area contributed by atoms with Crippen molar-refractivity contribution < 1.29 is 9.59 Å². The minimum absolute atomic E-state index is 0.0238. The maximum Gasteiger partial charge on any atom is 0.242 e. The number of hydrogen-bond acceptors (Lipinski definition) is 2. The highest BCUT2D eigenvalue weighted by Gasteiger charge is 2.28. The van der Waals surface area contributed by atoms with E-state index in [2.05, 4.69) is 62.5 Å². The van der Waals surface area contributed by atoms with E-state index in [9.17, 15) is 9.59 Å². The minimum Gasteiger partial charge on any atom is -0.352 e. The molecule has 0 bridgehead atoms. The van der Waals surface area contributed by atoms with Crippen LogP contribution in [0.15, 0.2) is 48.5 Å². The highest BCUT2D eigenvalue weighted by Crippen LogP contribution is 2.20. The number of carbonyl (C=O) groups is 2. The zero-order valence-electron chi connectivity index (χ0n) is 20.8. The van der Waals surface area contributed by atoms with E-state index in [0.29, 0.717) is 25.3 Å². The Bertz CT molecular complexity index is 913. The summed E-state index contributed by atoms with van der Waals surface area (Å²) in [4.78, 5) is 28.2. The Morgan fingerprint density at radius 1 is 0.970 bits per heavy atom. The average molecular weight is 449 g/mol. The molecule has 0 heterocycles. The second kappa shape index (κ2) is 12.0. The van der Waals surface area contributed by atoms with Gasteiger partial charge in [-0.1, -0.05) is 87.2 Å². The molecule has 1 fully saturated rings. The summed E-state index contributed by atoms with van der Waals surface area (Å²) >= 11 is 0. The van der Waals surface area contributed by atoms with Gasteiger partial charge >= 0.3 is 0 Å². The summed E-state index contributed by atoms with van der Waals surface area (Å²) in [5, 5.41) is 3.21. The Morgan fingerprint density at radius 2 is 1.67 bits per heavy atom. The topological polar surface area (TPSA) is 49.4 Å². The SMILES string of the molecule is Cc1cccc(CN(C(=O)CCc2ccc(C(C)C)cc2)[C@@H](C)C(=O)NC2CCCCC2)c1. The van der Waals surface area contributed by atoms with Crippen LogP contribution < -0.4 is 5.32 Å². The number of carbonyl (C=O) groups excluding carboxylic acids is 2. The molecular weight excluding hydrogens is 408 g/mol. The number of nitrogens with one attached hydrogen (secondary N) is 1. The van der Waals surface area contributed by atoms with Crippen LogP contribution in [0.25, 0.3) is 0 Å². The number of aryl methyl sites for hydroxylation is 2. The third-order valence-electron chi connectivity index (χ3n) is 6.83. The van der Waals surface area contributed by atoms with Crippen molar-refractivity contribution in [2.75, 3.05) is 0 Å². The molecule has 3 rings (SSSR count). The van der Waals surface area contributed by atoms with Crippen molar-refractivity contribution in [2.45, 2.75) is 97.2 Å². The van der Waals surface area contributed by atoms with Crippen LogP contribution in [0, 0.1) is 6.92 Å². The van der Waals surface area contributed by atoms with Gasteiger partial charge in [-0.25, -0.2) is 0 Å². The Balaban J connectivity index is 1.69. The van der Waals surface area contributed by atoms with Gasteiger partial charge in [0.2, 0.25) is 11.8 Å². The fourth-order valence-electron chi connectivity index (χ4n) is 4.62. The second-order valence-corrected chi connectivity index (χ2v) is 9.93. The van der Waals surface area contributed by atoms with Gasteiger partial charge in [-0.3, -0.25) is 9.59 Å². The lowest BCUT2D eigenvalue weighted by Gasteiger charge is -2.31. The van der Waals surface area contributed by atoms with Gasteiger partial charge in [0.15, 0.2) is 0 Å². The van der Waals surface area contributed by atoms with Gasteiger partial charge in [-0.15, -0.1) is 0 Å². The Kier molecular flexibility index (Phi) is 9.11. The summed E-state index contributed by atoms with van der Waals surface area (Å²) in [5.74, 6) is 0.481. The number of hydrogen-bond donors (Lipinski definition) is 1. The van der Waals surface area contributed by atoms with Crippen molar-refractivity contribution in [3.63, 3.8) is 0 Å². The summed E-state index contributed by atoms with van der Waals surface area (Å²) < 4.78 is 0. The van der Waals surface area contributed by atoms with Crippen molar-refractivity contribution in [3.05, 3.63) is 70.8 Å². The predicted molar refractivity (Wildman–Crippen MR) is 135 cm³/mol. The highest BCUT2D eigenvalue weighted by molar-refractivity contribution is 5.87. The number of nitrogens with zero attached hydrogens (tertiary/aromatic N) is 1. The fourth-order valence-corrected chi connectivity index (χ4v) is 4.62. The molecule has 4 nitrogen and oxygen atoms in total. The maximum absolute atomic E-state index is 13.4. The molecule has 1 aliphatic rings. The van der Waals surface area contributed by atoms with E-state index in [-0.39, 0.29) is 17.9 Å². The highest BCUT2D eigenvalue weighted by atomic mass is 16.2. The number of benzene rings is 2. The Hall–Kier alpha value is -2.62. The second-order valence-electron chi connectivity index (χ2n) is 9.93. The molecule has 0 saturated heterocycles. The van der Waals surface area contributed by atoms with Gasteiger partial charge in [0.05, 0.1) is 0 Å². The van der Waals surface area contributed by atoms with Gasteiger partial charge in [-0.2, -0.15) is 0 Å². The third-order valence-corrected chi connectivity index (χ3v) is 6.83. The normalized spacial score (nSPS) is 15.3. The molecule has 2 aromatic rings. The van der Waals surface area contributed by atoms with Crippen LogP contribution in [0.3, 0.4) is 0 Å². The van der Waals surface area contributed by atoms with E-state index in [1.807, 2.05) is 19.1 Å². The van der Waals surface area contributed by atoms with Crippen LogP contribution in [-0.2, 0) is 22.6 Å². The summed E-state index contributed by atoms with van der Waals surface area (Å²) in [5.41, 5.74) is 4.67. The van der Waals surface area contributed by atoms with Crippen molar-refractivity contribution in [2.24, 2.45) is 0 Å². The van der Waals surface area contributed by atoms with Crippen LogP contribution in [0.1, 0.15) is 87.5 Å². The van der Waals surface area contributed by atoms with Crippen molar-refractivity contribution in [3.8, 4) is 0 Å². The van der Waals surface area contributed by atoms with Crippen molar-refractivity contribution >= 4 is 11.8 Å². The molecule has 0 aromatic heterocycles. The molecule has 1 atom stereocenters. The molecule has 0 spiro atoms. The lowest BCUT2D eigenvalue weighted by Crippen LogP contribution is -2.50. The van der Waals surface area contributed by atoms with Crippen molar-refractivity contribution in [1.82, 2.24) is 10.2 Å². The third kappa shape index (κ3) is 7.45. The zero-order chi connectivity index (χ0) is 23.8. The van der Waals surface area contributed by atoms with E-state index in [1.165, 1.54) is 24.8 Å². The monoisotopic (exact) mass is 448 g/mol. The molecule has 0 unspecified atom stereocenters. The van der Waals surface area contributed by atoms with Crippen LogP contribution in [-0.4, -0.2) is 28.8 Å². The van der Waals surface area contributed by atoms with E-state index in [1.54, 1.807) is 4.90 Å². The zero-order valence-corrected chi connectivity index (χ0v) is 20.8. The van der Waals surface area contributed by atoms with Gasteiger partial charge in [0, 0.05) is 19.0 Å². The quantitative estimate of drug-likeness (QED) is 0.518. The molecule has 2 amide bonds. The van der Waals surface area contributed by atoms with Crippen LogP contribution in [0.2, 0.25) is 0 Å². The van der Waals surface area contributed by atoms with Gasteiger partial charge < -0.3 is 10.2 Å². The first-order valence-corrected chi connectivity index (χ1v) is 12.6. The van der Waals surface area contributed by atoms with Crippen LogP contribution in [0.5, 0.6) is 0 Å². The van der Waals surface area contributed by atoms with E-state index < -0.39 is 6.04 Å². The summed E-state index contributed by atoms with van der Waals surface area (Å²) in [7, 11) is 0. The summed E-state index contributed by atoms with van der Waals surface area (Å²) in [6.07, 6.45) is 6.74. The smallest absolute Gasteiger partial charge is 0.242 e. The lowest BCUT2D eigenvalue weighted by atomic mass is 9.95. The van der Waals surface area contributed by atoms with E-state index >= 15 is 0 Å². The van der Waals surface area contributed by atoms with Crippen molar-refractivity contribution in [1.29, 1.82) is 0 Å². The molecule has 1 aliphatic carbocycles. The molecule has 0 radical (unpaired) electrons. The first kappa shape index (κ1) is 25.0. The van der Waals surface area contributed by atoms with Gasteiger partial charge in [0.25, 0.3) is 0 Å². The summed E-state index contributed by atoms with van der Waals surface area (Å²) in [6, 6.07) is 16.5. The predicted octanol–water partition coefficient (Wildman–Crippen LogP) is 5.92. The number of amides is 2. The number of rotatable bonds is 9. The van der Waals surface area contributed by atoms with Gasteiger partial charge in [-0.05, 0) is 55.7 Å². The molecule has 33 heavy (non-hydrogen) atoms. The largest absolute Gasteiger partial charge is 0.352 e. The lowest BCUT2D eigenvalue weighted by molar-refractivity contribution is -0.141.